The Morgan fingerprint density at radius 1 is 1.47 bits per heavy atom. The molecule has 1 heterocycles. The Morgan fingerprint density at radius 2 is 2.16 bits per heavy atom. The van der Waals surface area contributed by atoms with Crippen molar-refractivity contribution in [1.82, 2.24) is 10.3 Å². The molecular weight excluding hydrogens is 244 g/mol. The molecule has 0 aliphatic heterocycles. The second-order valence-electron chi connectivity index (χ2n) is 4.62. The van der Waals surface area contributed by atoms with Gasteiger partial charge >= 0.3 is 0 Å². The van der Waals surface area contributed by atoms with Crippen molar-refractivity contribution in [3.8, 4) is 0 Å². The van der Waals surface area contributed by atoms with Gasteiger partial charge in [-0.1, -0.05) is 0 Å². The number of nitrogens with zero attached hydrogens (tertiary/aromatic N) is 1. The van der Waals surface area contributed by atoms with Crippen molar-refractivity contribution < 1.29 is 9.90 Å². The largest absolute Gasteiger partial charge is 0.392 e. The maximum atomic E-state index is 11.4. The Hall–Kier alpha value is -1.66. The Balaban J connectivity index is 2.64. The fraction of sp³-hybridized carbons (Fsp3) is 0.538. The fourth-order valence-electron chi connectivity index (χ4n) is 1.88. The number of aryl methyl sites for hydroxylation is 2. The summed E-state index contributed by atoms with van der Waals surface area (Å²) in [6.45, 7) is 7.22. The number of aliphatic hydroxyl groups is 1. The van der Waals surface area contributed by atoms with Crippen LogP contribution in [0, 0.1) is 13.8 Å². The standard InChI is InChI=1S/C13H22N4O2/c1-8-6-11(12(13(14)19)10(3)17-8)16-5-4-15-7-9(2)18/h6,9,15,18H,4-5,7H2,1-3H3,(H2,14,19)(H,16,17). The maximum Gasteiger partial charge on any atom is 0.252 e. The summed E-state index contributed by atoms with van der Waals surface area (Å²) < 4.78 is 0. The van der Waals surface area contributed by atoms with Crippen molar-refractivity contribution in [3.63, 3.8) is 0 Å². The summed E-state index contributed by atoms with van der Waals surface area (Å²) in [5.41, 5.74) is 7.97. The SMILES string of the molecule is Cc1cc(NCCNCC(C)O)c(C(N)=O)c(C)n1. The molecule has 1 atom stereocenters. The predicted octanol–water partition coefficient (Wildman–Crippen LogP) is 0.180. The van der Waals surface area contributed by atoms with Gasteiger partial charge in [-0.05, 0) is 26.8 Å². The quantitative estimate of drug-likeness (QED) is 0.528. The van der Waals surface area contributed by atoms with E-state index in [0.29, 0.717) is 36.6 Å². The highest BCUT2D eigenvalue weighted by molar-refractivity contribution is 5.99. The molecule has 1 rings (SSSR count). The molecule has 1 aromatic heterocycles. The fourth-order valence-corrected chi connectivity index (χ4v) is 1.88. The van der Waals surface area contributed by atoms with Gasteiger partial charge in [0.1, 0.15) is 0 Å². The zero-order valence-corrected chi connectivity index (χ0v) is 11.7. The van der Waals surface area contributed by atoms with Crippen LogP contribution in [0.5, 0.6) is 0 Å². The number of anilines is 1. The third-order valence-corrected chi connectivity index (χ3v) is 2.63. The Bertz CT molecular complexity index is 447. The number of aliphatic hydroxyl groups excluding tert-OH is 1. The van der Waals surface area contributed by atoms with Crippen molar-refractivity contribution in [2.45, 2.75) is 26.9 Å². The maximum absolute atomic E-state index is 11.4. The van der Waals surface area contributed by atoms with Gasteiger partial charge in [0.15, 0.2) is 0 Å². The summed E-state index contributed by atoms with van der Waals surface area (Å²) in [5.74, 6) is -0.482. The van der Waals surface area contributed by atoms with Crippen LogP contribution in [0.4, 0.5) is 5.69 Å². The van der Waals surface area contributed by atoms with Crippen LogP contribution in [-0.2, 0) is 0 Å². The van der Waals surface area contributed by atoms with E-state index in [-0.39, 0.29) is 6.10 Å². The van der Waals surface area contributed by atoms with Gasteiger partial charge in [0, 0.05) is 25.3 Å². The summed E-state index contributed by atoms with van der Waals surface area (Å²) >= 11 is 0. The molecule has 6 heteroatoms. The summed E-state index contributed by atoms with van der Waals surface area (Å²) in [4.78, 5) is 15.7. The minimum absolute atomic E-state index is 0.369. The van der Waals surface area contributed by atoms with E-state index in [0.717, 1.165) is 5.69 Å². The second-order valence-corrected chi connectivity index (χ2v) is 4.62. The third kappa shape index (κ3) is 4.84. The zero-order valence-electron chi connectivity index (χ0n) is 11.7. The molecule has 6 nitrogen and oxygen atoms in total. The molecule has 106 valence electrons. The van der Waals surface area contributed by atoms with Crippen LogP contribution >= 0.6 is 0 Å². The predicted molar refractivity (Wildman–Crippen MR) is 75.3 cm³/mol. The molecule has 0 spiro atoms. The van der Waals surface area contributed by atoms with Gasteiger partial charge in [-0.2, -0.15) is 0 Å². The number of primary amides is 1. The normalized spacial score (nSPS) is 12.2. The van der Waals surface area contributed by atoms with Crippen LogP contribution < -0.4 is 16.4 Å². The van der Waals surface area contributed by atoms with Gasteiger partial charge in [0.05, 0.1) is 23.0 Å². The Labute approximate surface area is 113 Å². The molecule has 0 saturated heterocycles. The Morgan fingerprint density at radius 3 is 2.74 bits per heavy atom. The van der Waals surface area contributed by atoms with Crippen LogP contribution in [0.15, 0.2) is 6.07 Å². The van der Waals surface area contributed by atoms with Crippen molar-refractivity contribution in [2.75, 3.05) is 25.0 Å². The highest BCUT2D eigenvalue weighted by Gasteiger charge is 2.13. The smallest absolute Gasteiger partial charge is 0.252 e. The number of carbonyl (C=O) groups is 1. The summed E-state index contributed by atoms with van der Waals surface area (Å²) in [7, 11) is 0. The molecule has 1 aromatic rings. The average molecular weight is 266 g/mol. The molecule has 0 saturated carbocycles. The van der Waals surface area contributed by atoms with Crippen LogP contribution in [0.2, 0.25) is 0 Å². The molecule has 5 N–H and O–H groups in total. The number of carbonyl (C=O) groups excluding carboxylic acids is 1. The summed E-state index contributed by atoms with van der Waals surface area (Å²) in [6.07, 6.45) is -0.369. The molecule has 1 amide bonds. The first-order valence-corrected chi connectivity index (χ1v) is 6.32. The first-order chi connectivity index (χ1) is 8.91. The molecule has 0 aliphatic carbocycles. The van der Waals surface area contributed by atoms with E-state index in [1.807, 2.05) is 13.0 Å². The van der Waals surface area contributed by atoms with Gasteiger partial charge in [-0.25, -0.2) is 0 Å². The Kier molecular flexibility index (Phi) is 5.72. The monoisotopic (exact) mass is 266 g/mol. The molecule has 0 radical (unpaired) electrons. The van der Waals surface area contributed by atoms with E-state index in [1.165, 1.54) is 0 Å². The highest BCUT2D eigenvalue weighted by Crippen LogP contribution is 2.18. The van der Waals surface area contributed by atoms with E-state index in [4.69, 9.17) is 10.8 Å². The second kappa shape index (κ2) is 7.06. The van der Waals surface area contributed by atoms with E-state index in [9.17, 15) is 4.79 Å². The lowest BCUT2D eigenvalue weighted by Gasteiger charge is -2.13. The van der Waals surface area contributed by atoms with Crippen molar-refractivity contribution >= 4 is 11.6 Å². The van der Waals surface area contributed by atoms with E-state index < -0.39 is 5.91 Å². The molecule has 0 fully saturated rings. The lowest BCUT2D eigenvalue weighted by molar-refractivity contribution is 0.1000. The number of nitrogens with one attached hydrogen (secondary N) is 2. The zero-order chi connectivity index (χ0) is 14.4. The van der Waals surface area contributed by atoms with Crippen molar-refractivity contribution in [2.24, 2.45) is 5.73 Å². The summed E-state index contributed by atoms with van der Waals surface area (Å²) in [5, 5.41) is 15.4. The average Bonchev–Trinajstić information content (AvgIpc) is 2.26. The number of amides is 1. The van der Waals surface area contributed by atoms with Crippen LogP contribution in [-0.4, -0.2) is 41.7 Å². The van der Waals surface area contributed by atoms with Crippen molar-refractivity contribution in [1.29, 1.82) is 0 Å². The van der Waals surface area contributed by atoms with Gasteiger partial charge in [-0.15, -0.1) is 0 Å². The molecule has 1 unspecified atom stereocenters. The number of hydrogen-bond donors (Lipinski definition) is 4. The lowest BCUT2D eigenvalue weighted by Crippen LogP contribution is -2.29. The number of rotatable bonds is 7. The molecule has 0 bridgehead atoms. The van der Waals surface area contributed by atoms with E-state index in [2.05, 4.69) is 15.6 Å². The molecular formula is C13H22N4O2. The number of hydrogen-bond acceptors (Lipinski definition) is 5. The minimum atomic E-state index is -0.482. The number of pyridine rings is 1. The molecule has 0 aromatic carbocycles. The van der Waals surface area contributed by atoms with Crippen LogP contribution in [0.1, 0.15) is 28.7 Å². The highest BCUT2D eigenvalue weighted by atomic mass is 16.3. The van der Waals surface area contributed by atoms with Crippen LogP contribution in [0.3, 0.4) is 0 Å². The number of nitrogens with two attached hydrogens (primary N) is 1. The van der Waals surface area contributed by atoms with E-state index >= 15 is 0 Å². The van der Waals surface area contributed by atoms with Gasteiger partial charge in [0.2, 0.25) is 0 Å². The first-order valence-electron chi connectivity index (χ1n) is 6.32. The van der Waals surface area contributed by atoms with E-state index in [1.54, 1.807) is 13.8 Å². The van der Waals surface area contributed by atoms with Crippen LogP contribution in [0.25, 0.3) is 0 Å². The first kappa shape index (κ1) is 15.4. The molecule has 0 aliphatic rings. The minimum Gasteiger partial charge on any atom is -0.392 e. The third-order valence-electron chi connectivity index (χ3n) is 2.63. The topological polar surface area (TPSA) is 100 Å². The number of aromatic nitrogens is 1. The van der Waals surface area contributed by atoms with Crippen molar-refractivity contribution in [3.05, 3.63) is 23.0 Å². The lowest BCUT2D eigenvalue weighted by atomic mass is 10.1. The van der Waals surface area contributed by atoms with Gasteiger partial charge < -0.3 is 21.5 Å². The van der Waals surface area contributed by atoms with Gasteiger partial charge in [0.25, 0.3) is 5.91 Å². The molecule has 19 heavy (non-hydrogen) atoms. The van der Waals surface area contributed by atoms with Gasteiger partial charge in [-0.3, -0.25) is 9.78 Å². The summed E-state index contributed by atoms with van der Waals surface area (Å²) in [6, 6.07) is 1.81.